The van der Waals surface area contributed by atoms with Crippen LogP contribution in [-0.2, 0) is 9.31 Å². The Hall–Kier alpha value is -12.9. The molecular weight excluding hydrogens is 1610 g/mol. The number of fused-ring (bicyclic) bond motifs is 18. The Kier molecular flexibility index (Phi) is 17.3. The lowest BCUT2D eigenvalue weighted by Crippen LogP contribution is -2.41. The zero-order valence-corrected chi connectivity index (χ0v) is 70.7. The first kappa shape index (κ1) is 72.4. The van der Waals surface area contributed by atoms with E-state index in [1.54, 1.807) is 22.7 Å². The lowest BCUT2D eigenvalue weighted by molar-refractivity contribution is 0.00578. The van der Waals surface area contributed by atoms with Crippen LogP contribution in [0.1, 0.15) is 27.7 Å². The minimum atomic E-state index is -0.320. The third-order valence-electron chi connectivity index (χ3n) is 24.5. The van der Waals surface area contributed by atoms with Gasteiger partial charge in [0, 0.05) is 91.3 Å². The van der Waals surface area contributed by atoms with Gasteiger partial charge in [0.25, 0.3) is 0 Å². The van der Waals surface area contributed by atoms with E-state index in [-0.39, 0.29) is 18.3 Å². The first-order valence-electron chi connectivity index (χ1n) is 40.5. The number of para-hydroxylation sites is 8. The fraction of sp³-hybridized carbons (Fsp3) is 0.0566. The van der Waals surface area contributed by atoms with Gasteiger partial charge in [-0.1, -0.05) is 192 Å². The van der Waals surface area contributed by atoms with Crippen LogP contribution >= 0.6 is 61.3 Å². The van der Waals surface area contributed by atoms with Crippen molar-refractivity contribution in [1.29, 1.82) is 0 Å². The van der Waals surface area contributed by atoms with Crippen molar-refractivity contribution >= 4 is 201 Å². The van der Waals surface area contributed by atoms with Crippen molar-refractivity contribution < 1.29 is 9.31 Å². The quantitative estimate of drug-likeness (QED) is 0.128. The number of hydrogen-bond acceptors (Lipinski definition) is 6. The van der Waals surface area contributed by atoms with E-state index in [1.165, 1.54) is 189 Å². The maximum Gasteiger partial charge on any atom is 0.505 e. The molecule has 574 valence electrons. The van der Waals surface area contributed by atoms with Crippen molar-refractivity contribution in [2.24, 2.45) is 0 Å². The molecule has 0 bridgehead atoms. The average molecular weight is 1680 g/mol. The lowest BCUT2D eigenvalue weighted by Gasteiger charge is -2.32. The summed E-state index contributed by atoms with van der Waals surface area (Å²) >= 11 is 11.0. The number of halogens is 1. The van der Waals surface area contributed by atoms with Crippen LogP contribution in [0.3, 0.4) is 0 Å². The highest BCUT2D eigenvalue weighted by Gasteiger charge is 2.52. The molecule has 25 rings (SSSR count). The van der Waals surface area contributed by atoms with Crippen molar-refractivity contribution in [3.63, 3.8) is 0 Å². The van der Waals surface area contributed by atoms with Crippen LogP contribution in [0, 0.1) is 0 Å². The van der Waals surface area contributed by atoms with Crippen molar-refractivity contribution in [3.8, 4) is 66.8 Å². The Morgan fingerprint density at radius 3 is 0.900 bits per heavy atom. The largest absolute Gasteiger partial charge is 0.505 e. The van der Waals surface area contributed by atoms with Crippen LogP contribution in [0.4, 0.5) is 0 Å². The van der Waals surface area contributed by atoms with E-state index in [4.69, 9.17) is 9.31 Å². The molecule has 24 aromatic rings. The van der Waals surface area contributed by atoms with Gasteiger partial charge in [-0.2, -0.15) is 0 Å². The summed E-state index contributed by atoms with van der Waals surface area (Å²) in [6.07, 6.45) is 0. The van der Waals surface area contributed by atoms with Crippen LogP contribution in [0.5, 0.6) is 0 Å². The second-order valence-corrected chi connectivity index (χ2v) is 36.8. The summed E-state index contributed by atoms with van der Waals surface area (Å²) in [5.41, 5.74) is 27.3. The topological polar surface area (TPSA) is 48.0 Å². The van der Waals surface area contributed by atoms with E-state index in [1.807, 2.05) is 22.7 Å². The highest BCUT2D eigenvalue weighted by atomic mass is 79.9. The highest BCUT2D eigenvalue weighted by Crippen LogP contribution is 2.48. The number of thiophene rings is 4. The number of nitrogens with zero attached hydrogens (tertiary/aromatic N) is 6. The van der Waals surface area contributed by atoms with Crippen LogP contribution < -0.4 is 4.78 Å². The number of benzene rings is 14. The van der Waals surface area contributed by atoms with E-state index < -0.39 is 0 Å². The van der Waals surface area contributed by atoms with E-state index in [9.17, 15) is 0 Å². The van der Waals surface area contributed by atoms with Gasteiger partial charge < -0.3 is 36.7 Å². The summed E-state index contributed by atoms with van der Waals surface area (Å²) in [4.78, 5) is 1.28. The number of rotatable bonds is 10. The van der Waals surface area contributed by atoms with Gasteiger partial charge in [-0.15, -0.1) is 45.3 Å². The molecule has 0 atom stereocenters. The SMILES string of the molecule is Brc1ccc2c(c1)c1cc(-c3ccc4c(c3)c3ccccc3n4-c3ccccc3)ccc1n2-c1ccccc1.CC1(C)OB(c2cc3c(s2)c2sccc2n3-c2ccccc2)OC1(C)C.c1ccc(-n2c3ccccc3c3cc(-c4ccc5c(c4)c4cc(-c6cc7c(s6)c6sccc6n7-c6ccccc6)ccc4n5-c4ccccc4)ccc32)cc1. The standard InChI is InChI=1S/C50H31N3S2.C36H23BrN2.C20H20BNO2S2/c1-4-12-35(13-5-1)51-42-19-11-10-18-38(42)39-28-32(20-23-43(39)51)33-21-24-44-40(29-33)41-30-34(22-25-45(41)52(44)36-14-6-2-7-15-36)48-31-47-50(55-48)49-46(26-27-54-49)53(47)37-16-8-3-9-17-37;37-26-17-20-36-32(23-26)31-22-25(16-19-35(31)39(36)28-11-5-2-6-12-28)24-15-18-34-30(21-24)29-13-7-8-14-33(29)38(34)27-9-3-1-4-10-27;1-19(2)20(3,4)24-21(23-19)16-12-15-18(26-16)17-14(10-11-25-17)22(15)13-8-6-5-7-9-13/h1-31H;1-23H;5-12H,1-4H3. The molecule has 10 aromatic heterocycles. The van der Waals surface area contributed by atoms with Gasteiger partial charge in [-0.05, 0) is 254 Å². The second-order valence-electron chi connectivity index (χ2n) is 31.9. The third kappa shape index (κ3) is 11.9. The van der Waals surface area contributed by atoms with Gasteiger partial charge in [0.15, 0.2) is 0 Å². The minimum absolute atomic E-state index is 0.309. The Labute approximate surface area is 716 Å². The molecule has 0 radical (unpaired) electrons. The van der Waals surface area contributed by atoms with Gasteiger partial charge in [0.2, 0.25) is 0 Å². The zero-order valence-electron chi connectivity index (χ0n) is 65.9. The van der Waals surface area contributed by atoms with Crippen LogP contribution in [0.15, 0.2) is 379 Å². The van der Waals surface area contributed by atoms with Crippen molar-refractivity contribution in [1.82, 2.24) is 27.4 Å². The normalized spacial score (nSPS) is 13.4. The first-order chi connectivity index (χ1) is 58.9. The summed E-state index contributed by atoms with van der Waals surface area (Å²) in [6, 6.07) is 132. The molecular formula is C106H74BBrN6O2S4. The van der Waals surface area contributed by atoms with Crippen molar-refractivity contribution in [2.45, 2.75) is 38.9 Å². The first-order valence-corrected chi connectivity index (χ1v) is 44.7. The Morgan fingerprint density at radius 2 is 0.525 bits per heavy atom. The molecule has 1 saturated heterocycles. The van der Waals surface area contributed by atoms with Crippen LogP contribution in [0.25, 0.3) is 195 Å². The molecule has 1 aliphatic heterocycles. The molecule has 0 aliphatic carbocycles. The summed E-state index contributed by atoms with van der Waals surface area (Å²) in [7, 11) is -0.309. The fourth-order valence-corrected chi connectivity index (χ4v) is 22.9. The summed E-state index contributed by atoms with van der Waals surface area (Å²) in [5.74, 6) is 0. The maximum atomic E-state index is 6.27. The zero-order chi connectivity index (χ0) is 80.1. The Morgan fingerprint density at radius 1 is 0.242 bits per heavy atom. The lowest BCUT2D eigenvalue weighted by atomic mass is 9.88. The van der Waals surface area contributed by atoms with Gasteiger partial charge in [-0.25, -0.2) is 0 Å². The average Bonchev–Trinajstić information content (AvgIpc) is 1.58. The molecule has 0 amide bonds. The van der Waals surface area contributed by atoms with Crippen LogP contribution in [0.2, 0.25) is 0 Å². The maximum absolute atomic E-state index is 6.27. The van der Waals surface area contributed by atoms with Crippen LogP contribution in [-0.4, -0.2) is 45.7 Å². The third-order valence-corrected chi connectivity index (χ3v) is 29.4. The monoisotopic (exact) mass is 1680 g/mol. The molecule has 14 aromatic carbocycles. The Balaban J connectivity index is 0.000000113. The fourth-order valence-electron chi connectivity index (χ4n) is 18.2. The number of aromatic nitrogens is 6. The summed E-state index contributed by atoms with van der Waals surface area (Å²) in [6.45, 7) is 8.40. The van der Waals surface area contributed by atoms with Gasteiger partial charge in [0.1, 0.15) is 0 Å². The summed E-state index contributed by atoms with van der Waals surface area (Å²) in [5, 5.41) is 14.4. The van der Waals surface area contributed by atoms with Crippen molar-refractivity contribution in [2.75, 3.05) is 0 Å². The molecule has 0 N–H and O–H groups in total. The molecule has 0 saturated carbocycles. The van der Waals surface area contributed by atoms with E-state index in [0.717, 1.165) is 14.9 Å². The molecule has 11 heterocycles. The van der Waals surface area contributed by atoms with E-state index >= 15 is 0 Å². The molecule has 14 heteroatoms. The van der Waals surface area contributed by atoms with Crippen molar-refractivity contribution in [3.05, 3.63) is 379 Å². The molecule has 1 aliphatic rings. The van der Waals surface area contributed by atoms with Gasteiger partial charge in [-0.3, -0.25) is 0 Å². The summed E-state index contributed by atoms with van der Waals surface area (Å²) < 4.78 is 34.4. The predicted octanol–water partition coefficient (Wildman–Crippen LogP) is 30.0. The smallest absolute Gasteiger partial charge is 0.399 e. The Bertz CT molecular complexity index is 8110. The predicted molar refractivity (Wildman–Crippen MR) is 517 cm³/mol. The van der Waals surface area contributed by atoms with E-state index in [0.29, 0.717) is 0 Å². The molecule has 1 fully saturated rings. The highest BCUT2D eigenvalue weighted by molar-refractivity contribution is 9.10. The molecule has 120 heavy (non-hydrogen) atoms. The molecule has 0 unspecified atom stereocenters. The van der Waals surface area contributed by atoms with Gasteiger partial charge in [0.05, 0.1) is 96.2 Å². The number of hydrogen-bond donors (Lipinski definition) is 0. The second kappa shape index (κ2) is 28.7. The van der Waals surface area contributed by atoms with Gasteiger partial charge >= 0.3 is 7.12 Å². The molecule has 0 spiro atoms. The van der Waals surface area contributed by atoms with E-state index in [2.05, 4.69) is 446 Å². The minimum Gasteiger partial charge on any atom is -0.399 e. The molecule has 8 nitrogen and oxygen atoms in total.